The Morgan fingerprint density at radius 3 is 2.89 bits per heavy atom. The molecule has 0 saturated carbocycles. The number of hydrogen-bond acceptors (Lipinski definition) is 4. The van der Waals surface area contributed by atoms with Crippen LogP contribution in [0.2, 0.25) is 0 Å². The number of aromatic nitrogens is 1. The normalized spacial score (nSPS) is 21.1. The highest BCUT2D eigenvalue weighted by Crippen LogP contribution is 2.19. The van der Waals surface area contributed by atoms with Gasteiger partial charge in [0.1, 0.15) is 0 Å². The lowest BCUT2D eigenvalue weighted by Gasteiger charge is -2.28. The molecule has 0 radical (unpaired) electrons. The van der Waals surface area contributed by atoms with E-state index in [1.165, 1.54) is 12.8 Å². The van der Waals surface area contributed by atoms with E-state index >= 15 is 0 Å². The lowest BCUT2D eigenvalue weighted by molar-refractivity contribution is 0.0216. The SMILES string of the molecule is CC[C@H](N)c1ccc(N(C)CC2CCCCO2)cn1. The van der Waals surface area contributed by atoms with Crippen molar-refractivity contribution >= 4 is 5.69 Å². The van der Waals surface area contributed by atoms with Gasteiger partial charge in [0.15, 0.2) is 0 Å². The fourth-order valence-corrected chi connectivity index (χ4v) is 2.41. The molecular weight excluding hydrogens is 238 g/mol. The van der Waals surface area contributed by atoms with Gasteiger partial charge in [-0.15, -0.1) is 0 Å². The molecule has 1 aromatic rings. The van der Waals surface area contributed by atoms with Crippen LogP contribution in [0.4, 0.5) is 5.69 Å². The third-order valence-electron chi connectivity index (χ3n) is 3.78. The van der Waals surface area contributed by atoms with Crippen LogP contribution in [-0.4, -0.2) is 31.3 Å². The summed E-state index contributed by atoms with van der Waals surface area (Å²) in [5.41, 5.74) is 8.07. The van der Waals surface area contributed by atoms with Crippen LogP contribution < -0.4 is 10.6 Å². The summed E-state index contributed by atoms with van der Waals surface area (Å²) in [4.78, 5) is 6.67. The Kier molecular flexibility index (Phi) is 5.16. The summed E-state index contributed by atoms with van der Waals surface area (Å²) in [5, 5.41) is 0. The molecule has 2 atom stereocenters. The second-order valence-electron chi connectivity index (χ2n) is 5.33. The summed E-state index contributed by atoms with van der Waals surface area (Å²) in [6.07, 6.45) is 6.82. The molecule has 4 heteroatoms. The van der Waals surface area contributed by atoms with E-state index in [4.69, 9.17) is 10.5 Å². The molecule has 1 fully saturated rings. The van der Waals surface area contributed by atoms with Crippen LogP contribution in [-0.2, 0) is 4.74 Å². The van der Waals surface area contributed by atoms with Gasteiger partial charge >= 0.3 is 0 Å². The minimum absolute atomic E-state index is 0.0426. The first-order chi connectivity index (χ1) is 9.20. The summed E-state index contributed by atoms with van der Waals surface area (Å²) in [6.45, 7) is 3.91. The standard InChI is InChI=1S/C15H25N3O/c1-3-14(16)15-8-7-12(10-17-15)18(2)11-13-6-4-5-9-19-13/h7-8,10,13-14H,3-6,9,11,16H2,1-2H3/t13?,14-/m0/s1. The Morgan fingerprint density at radius 2 is 2.32 bits per heavy atom. The van der Waals surface area contributed by atoms with Crippen molar-refractivity contribution in [2.75, 3.05) is 25.1 Å². The van der Waals surface area contributed by atoms with Crippen molar-refractivity contribution in [1.82, 2.24) is 4.98 Å². The predicted molar refractivity (Wildman–Crippen MR) is 78.3 cm³/mol. The zero-order chi connectivity index (χ0) is 13.7. The van der Waals surface area contributed by atoms with E-state index in [9.17, 15) is 0 Å². The minimum atomic E-state index is 0.0426. The number of nitrogens with two attached hydrogens (primary N) is 1. The van der Waals surface area contributed by atoms with Crippen molar-refractivity contribution in [2.45, 2.75) is 44.8 Å². The van der Waals surface area contributed by atoms with Crippen molar-refractivity contribution in [2.24, 2.45) is 5.73 Å². The lowest BCUT2D eigenvalue weighted by atomic mass is 10.1. The van der Waals surface area contributed by atoms with Crippen LogP contribution in [0.15, 0.2) is 18.3 Å². The number of ether oxygens (including phenoxy) is 1. The topological polar surface area (TPSA) is 51.4 Å². The maximum atomic E-state index is 5.97. The number of hydrogen-bond donors (Lipinski definition) is 1. The molecule has 1 saturated heterocycles. The Labute approximate surface area is 116 Å². The first-order valence-electron chi connectivity index (χ1n) is 7.25. The van der Waals surface area contributed by atoms with Crippen LogP contribution in [0.1, 0.15) is 44.3 Å². The van der Waals surface area contributed by atoms with Gasteiger partial charge in [0, 0.05) is 26.2 Å². The zero-order valence-electron chi connectivity index (χ0n) is 12.0. The molecule has 2 heterocycles. The molecular formula is C15H25N3O. The molecule has 1 aliphatic heterocycles. The van der Waals surface area contributed by atoms with Crippen molar-refractivity contribution < 1.29 is 4.74 Å². The molecule has 0 amide bonds. The Bertz CT molecular complexity index is 373. The first-order valence-corrected chi connectivity index (χ1v) is 7.25. The van der Waals surface area contributed by atoms with Gasteiger partial charge in [-0.25, -0.2) is 0 Å². The number of likely N-dealkylation sites (N-methyl/N-ethyl adjacent to an activating group) is 1. The highest BCUT2D eigenvalue weighted by Gasteiger charge is 2.16. The summed E-state index contributed by atoms with van der Waals surface area (Å²) in [7, 11) is 2.09. The Hall–Kier alpha value is -1.13. The fraction of sp³-hybridized carbons (Fsp3) is 0.667. The zero-order valence-corrected chi connectivity index (χ0v) is 12.0. The van der Waals surface area contributed by atoms with E-state index in [1.807, 2.05) is 12.3 Å². The van der Waals surface area contributed by atoms with E-state index in [2.05, 4.69) is 29.9 Å². The molecule has 0 aliphatic carbocycles. The van der Waals surface area contributed by atoms with E-state index in [1.54, 1.807) is 0 Å². The highest BCUT2D eigenvalue weighted by molar-refractivity contribution is 5.44. The quantitative estimate of drug-likeness (QED) is 0.887. The van der Waals surface area contributed by atoms with Gasteiger partial charge in [-0.05, 0) is 37.8 Å². The van der Waals surface area contributed by atoms with E-state index in [-0.39, 0.29) is 6.04 Å². The monoisotopic (exact) mass is 263 g/mol. The van der Waals surface area contributed by atoms with Crippen molar-refractivity contribution in [1.29, 1.82) is 0 Å². The van der Waals surface area contributed by atoms with Crippen LogP contribution in [0, 0.1) is 0 Å². The van der Waals surface area contributed by atoms with Gasteiger partial charge in [-0.2, -0.15) is 0 Å². The molecule has 0 spiro atoms. The summed E-state index contributed by atoms with van der Waals surface area (Å²) in [5.74, 6) is 0. The van der Waals surface area contributed by atoms with Gasteiger partial charge in [0.2, 0.25) is 0 Å². The molecule has 106 valence electrons. The van der Waals surface area contributed by atoms with Gasteiger partial charge in [0.25, 0.3) is 0 Å². The average molecular weight is 263 g/mol. The molecule has 1 unspecified atom stereocenters. The number of rotatable bonds is 5. The first kappa shape index (κ1) is 14.3. The molecule has 1 aliphatic rings. The number of anilines is 1. The lowest BCUT2D eigenvalue weighted by Crippen LogP contribution is -2.33. The summed E-state index contributed by atoms with van der Waals surface area (Å²) >= 11 is 0. The average Bonchev–Trinajstić information content (AvgIpc) is 2.47. The van der Waals surface area contributed by atoms with E-state index in [0.29, 0.717) is 6.10 Å². The van der Waals surface area contributed by atoms with Gasteiger partial charge in [0.05, 0.1) is 23.7 Å². The van der Waals surface area contributed by atoms with Gasteiger partial charge in [-0.1, -0.05) is 6.92 Å². The molecule has 19 heavy (non-hydrogen) atoms. The maximum Gasteiger partial charge on any atom is 0.0749 e. The number of pyridine rings is 1. The van der Waals surface area contributed by atoms with Gasteiger partial charge < -0.3 is 15.4 Å². The van der Waals surface area contributed by atoms with Crippen LogP contribution in [0.3, 0.4) is 0 Å². The molecule has 0 bridgehead atoms. The largest absolute Gasteiger partial charge is 0.376 e. The predicted octanol–water partition coefficient (Wildman–Crippen LogP) is 2.50. The van der Waals surface area contributed by atoms with Crippen molar-refractivity contribution in [3.05, 3.63) is 24.0 Å². The molecule has 0 aromatic carbocycles. The molecule has 2 N–H and O–H groups in total. The third kappa shape index (κ3) is 3.91. The van der Waals surface area contributed by atoms with Gasteiger partial charge in [-0.3, -0.25) is 4.98 Å². The second-order valence-corrected chi connectivity index (χ2v) is 5.33. The highest BCUT2D eigenvalue weighted by atomic mass is 16.5. The molecule has 2 rings (SSSR count). The smallest absolute Gasteiger partial charge is 0.0749 e. The minimum Gasteiger partial charge on any atom is -0.376 e. The Balaban J connectivity index is 1.93. The Morgan fingerprint density at radius 1 is 1.47 bits per heavy atom. The summed E-state index contributed by atoms with van der Waals surface area (Å²) in [6, 6.07) is 4.17. The van der Waals surface area contributed by atoms with E-state index < -0.39 is 0 Å². The van der Waals surface area contributed by atoms with E-state index in [0.717, 1.165) is 37.4 Å². The number of nitrogens with zero attached hydrogens (tertiary/aromatic N) is 2. The van der Waals surface area contributed by atoms with Crippen LogP contribution >= 0.6 is 0 Å². The fourth-order valence-electron chi connectivity index (χ4n) is 2.41. The summed E-state index contributed by atoms with van der Waals surface area (Å²) < 4.78 is 5.77. The van der Waals surface area contributed by atoms with Crippen molar-refractivity contribution in [3.63, 3.8) is 0 Å². The maximum absolute atomic E-state index is 5.97. The third-order valence-corrected chi connectivity index (χ3v) is 3.78. The molecule has 1 aromatic heterocycles. The van der Waals surface area contributed by atoms with Crippen LogP contribution in [0.5, 0.6) is 0 Å². The molecule has 4 nitrogen and oxygen atoms in total. The van der Waals surface area contributed by atoms with Crippen LogP contribution in [0.25, 0.3) is 0 Å². The van der Waals surface area contributed by atoms with Crippen molar-refractivity contribution in [3.8, 4) is 0 Å². The second kappa shape index (κ2) is 6.87.